The zero-order chi connectivity index (χ0) is 9.14. The third kappa shape index (κ3) is 1.51. The molecule has 0 heterocycles. The average Bonchev–Trinajstić information content (AvgIpc) is 2.07. The quantitative estimate of drug-likeness (QED) is 0.723. The van der Waals surface area contributed by atoms with Crippen molar-refractivity contribution in [2.24, 2.45) is 0 Å². The number of benzene rings is 1. The molecule has 62 valence electrons. The number of aromatic hydroxyl groups is 1. The van der Waals surface area contributed by atoms with Crippen LogP contribution >= 0.6 is 11.6 Å². The number of phenols is 1. The molecule has 0 spiro atoms. The van der Waals surface area contributed by atoms with E-state index in [0.717, 1.165) is 5.56 Å². The minimum Gasteiger partial charge on any atom is -0.506 e. The lowest BCUT2D eigenvalue weighted by Gasteiger charge is -2.04. The van der Waals surface area contributed by atoms with Crippen LogP contribution < -0.4 is 0 Å². The Morgan fingerprint density at radius 1 is 1.58 bits per heavy atom. The van der Waals surface area contributed by atoms with E-state index in [1.807, 2.05) is 6.07 Å². The molecule has 1 aromatic rings. The van der Waals surface area contributed by atoms with E-state index in [-0.39, 0.29) is 12.2 Å². The number of phenolic OH excluding ortho intramolecular Hbond substituents is 1. The fraction of sp³-hybridized carbons (Fsp3) is 0.222. The van der Waals surface area contributed by atoms with Crippen LogP contribution in [-0.4, -0.2) is 5.11 Å². The Kier molecular flexibility index (Phi) is 2.57. The monoisotopic (exact) mass is 181 g/mol. The van der Waals surface area contributed by atoms with Crippen molar-refractivity contribution in [1.29, 1.82) is 5.26 Å². The number of aryl methyl sites for hydroxylation is 1. The molecule has 2 nitrogen and oxygen atoms in total. The van der Waals surface area contributed by atoms with Gasteiger partial charge >= 0.3 is 0 Å². The number of rotatable bonds is 1. The van der Waals surface area contributed by atoms with Crippen LogP contribution in [0.1, 0.15) is 11.1 Å². The molecule has 0 fully saturated rings. The summed E-state index contributed by atoms with van der Waals surface area (Å²) < 4.78 is 0. The normalized spacial score (nSPS) is 9.42. The van der Waals surface area contributed by atoms with Crippen LogP contribution in [-0.2, 0) is 6.42 Å². The SMILES string of the molecule is Cc1ccc(CC#N)c(O)c1Cl. The minimum atomic E-state index is 0.0261. The Labute approximate surface area is 76.0 Å². The van der Waals surface area contributed by atoms with E-state index in [9.17, 15) is 5.11 Å². The zero-order valence-electron chi connectivity index (χ0n) is 6.63. The molecule has 0 aliphatic rings. The lowest BCUT2D eigenvalue weighted by molar-refractivity contribution is 0.469. The van der Waals surface area contributed by atoms with Crippen LogP contribution in [0.15, 0.2) is 12.1 Å². The topological polar surface area (TPSA) is 44.0 Å². The number of nitrogens with zero attached hydrogens (tertiary/aromatic N) is 1. The van der Waals surface area contributed by atoms with Crippen LogP contribution in [0, 0.1) is 18.3 Å². The molecule has 0 aliphatic heterocycles. The summed E-state index contributed by atoms with van der Waals surface area (Å²) >= 11 is 5.76. The van der Waals surface area contributed by atoms with Gasteiger partial charge in [-0.1, -0.05) is 23.7 Å². The summed E-state index contributed by atoms with van der Waals surface area (Å²) in [6.07, 6.45) is 0.186. The fourth-order valence-corrected chi connectivity index (χ4v) is 1.12. The molecule has 0 amide bonds. The van der Waals surface area contributed by atoms with E-state index in [0.29, 0.717) is 10.6 Å². The van der Waals surface area contributed by atoms with Gasteiger partial charge in [-0.05, 0) is 12.5 Å². The van der Waals surface area contributed by atoms with Crippen LogP contribution in [0.4, 0.5) is 0 Å². The van der Waals surface area contributed by atoms with Gasteiger partial charge in [0.2, 0.25) is 0 Å². The maximum atomic E-state index is 9.43. The van der Waals surface area contributed by atoms with E-state index in [1.165, 1.54) is 0 Å². The summed E-state index contributed by atoms with van der Waals surface area (Å²) in [7, 11) is 0. The van der Waals surface area contributed by atoms with Crippen molar-refractivity contribution in [2.45, 2.75) is 13.3 Å². The molecule has 1 aromatic carbocycles. The van der Waals surface area contributed by atoms with Crippen molar-refractivity contribution in [3.05, 3.63) is 28.3 Å². The van der Waals surface area contributed by atoms with E-state index < -0.39 is 0 Å². The smallest absolute Gasteiger partial charge is 0.138 e. The van der Waals surface area contributed by atoms with Gasteiger partial charge in [-0.3, -0.25) is 0 Å². The van der Waals surface area contributed by atoms with Gasteiger partial charge in [-0.2, -0.15) is 5.26 Å². The van der Waals surface area contributed by atoms with E-state index in [2.05, 4.69) is 0 Å². The van der Waals surface area contributed by atoms with E-state index in [4.69, 9.17) is 16.9 Å². The highest BCUT2D eigenvalue weighted by atomic mass is 35.5. The summed E-state index contributed by atoms with van der Waals surface area (Å²) in [4.78, 5) is 0. The Hall–Kier alpha value is -1.20. The second-order valence-electron chi connectivity index (χ2n) is 2.54. The Balaban J connectivity index is 3.19. The number of hydrogen-bond acceptors (Lipinski definition) is 2. The Bertz CT molecular complexity index is 341. The zero-order valence-corrected chi connectivity index (χ0v) is 7.39. The molecule has 0 radical (unpaired) electrons. The highest BCUT2D eigenvalue weighted by molar-refractivity contribution is 6.32. The van der Waals surface area contributed by atoms with Crippen molar-refractivity contribution in [3.8, 4) is 11.8 Å². The predicted octanol–water partition coefficient (Wildman–Crippen LogP) is 2.42. The Morgan fingerprint density at radius 2 is 2.25 bits per heavy atom. The van der Waals surface area contributed by atoms with Gasteiger partial charge in [0.25, 0.3) is 0 Å². The number of hydrogen-bond donors (Lipinski definition) is 1. The van der Waals surface area contributed by atoms with Crippen molar-refractivity contribution in [2.75, 3.05) is 0 Å². The lowest BCUT2D eigenvalue weighted by atomic mass is 10.1. The molecule has 0 atom stereocenters. The molecule has 0 bridgehead atoms. The molecule has 0 saturated heterocycles. The largest absolute Gasteiger partial charge is 0.506 e. The average molecular weight is 182 g/mol. The van der Waals surface area contributed by atoms with Gasteiger partial charge in [0, 0.05) is 5.56 Å². The third-order valence-corrected chi connectivity index (χ3v) is 2.14. The molecular formula is C9H8ClNO. The highest BCUT2D eigenvalue weighted by Gasteiger charge is 2.06. The highest BCUT2D eigenvalue weighted by Crippen LogP contribution is 2.30. The molecule has 0 aromatic heterocycles. The molecule has 0 aliphatic carbocycles. The van der Waals surface area contributed by atoms with E-state index >= 15 is 0 Å². The summed E-state index contributed by atoms with van der Waals surface area (Å²) in [5.41, 5.74) is 1.39. The van der Waals surface area contributed by atoms with Crippen molar-refractivity contribution >= 4 is 11.6 Å². The first-order chi connectivity index (χ1) is 5.66. The fourth-order valence-electron chi connectivity index (χ4n) is 0.933. The molecule has 0 saturated carbocycles. The van der Waals surface area contributed by atoms with Gasteiger partial charge < -0.3 is 5.11 Å². The van der Waals surface area contributed by atoms with Gasteiger partial charge in [0.15, 0.2) is 0 Å². The number of nitriles is 1. The molecular weight excluding hydrogens is 174 g/mol. The van der Waals surface area contributed by atoms with Gasteiger partial charge in [0.1, 0.15) is 5.75 Å². The maximum Gasteiger partial charge on any atom is 0.138 e. The van der Waals surface area contributed by atoms with Crippen LogP contribution in [0.3, 0.4) is 0 Å². The van der Waals surface area contributed by atoms with Gasteiger partial charge in [-0.25, -0.2) is 0 Å². The van der Waals surface area contributed by atoms with E-state index in [1.54, 1.807) is 19.1 Å². The van der Waals surface area contributed by atoms with Crippen molar-refractivity contribution in [1.82, 2.24) is 0 Å². The molecule has 1 rings (SSSR count). The maximum absolute atomic E-state index is 9.43. The predicted molar refractivity (Wildman–Crippen MR) is 47.2 cm³/mol. The minimum absolute atomic E-state index is 0.0261. The summed E-state index contributed by atoms with van der Waals surface area (Å²) in [5.74, 6) is 0.0261. The molecule has 3 heteroatoms. The first kappa shape index (κ1) is 8.89. The van der Waals surface area contributed by atoms with Crippen LogP contribution in [0.5, 0.6) is 5.75 Å². The summed E-state index contributed by atoms with van der Waals surface area (Å²) in [6, 6.07) is 5.45. The van der Waals surface area contributed by atoms with Crippen LogP contribution in [0.2, 0.25) is 5.02 Å². The van der Waals surface area contributed by atoms with Gasteiger partial charge in [0.05, 0.1) is 17.5 Å². The first-order valence-electron chi connectivity index (χ1n) is 3.50. The summed E-state index contributed by atoms with van der Waals surface area (Å²) in [6.45, 7) is 1.80. The van der Waals surface area contributed by atoms with Crippen molar-refractivity contribution < 1.29 is 5.11 Å². The second kappa shape index (κ2) is 3.46. The number of halogens is 1. The molecule has 1 N–H and O–H groups in total. The van der Waals surface area contributed by atoms with Gasteiger partial charge in [-0.15, -0.1) is 0 Å². The standard InChI is InChI=1S/C9H8ClNO/c1-6-2-3-7(4-5-11)9(12)8(6)10/h2-3,12H,4H2,1H3. The Morgan fingerprint density at radius 3 is 2.83 bits per heavy atom. The molecule has 0 unspecified atom stereocenters. The molecule has 12 heavy (non-hydrogen) atoms. The lowest BCUT2D eigenvalue weighted by Crippen LogP contribution is -1.85. The second-order valence-corrected chi connectivity index (χ2v) is 2.92. The van der Waals surface area contributed by atoms with Crippen molar-refractivity contribution in [3.63, 3.8) is 0 Å². The third-order valence-electron chi connectivity index (χ3n) is 1.66. The van der Waals surface area contributed by atoms with Crippen LogP contribution in [0.25, 0.3) is 0 Å². The first-order valence-corrected chi connectivity index (χ1v) is 3.88. The summed E-state index contributed by atoms with van der Waals surface area (Å²) in [5, 5.41) is 18.2.